The average Bonchev–Trinajstić information content (AvgIpc) is 2.75. The zero-order chi connectivity index (χ0) is 11.6. The summed E-state index contributed by atoms with van der Waals surface area (Å²) < 4.78 is 26.1. The van der Waals surface area contributed by atoms with E-state index in [4.69, 9.17) is 5.73 Å². The van der Waals surface area contributed by atoms with Crippen LogP contribution in [0.15, 0.2) is 16.8 Å². The van der Waals surface area contributed by atoms with Gasteiger partial charge < -0.3 is 5.73 Å². The summed E-state index contributed by atoms with van der Waals surface area (Å²) in [4.78, 5) is 2.07. The van der Waals surface area contributed by atoms with Gasteiger partial charge in [0, 0.05) is 38.5 Å². The highest BCUT2D eigenvalue weighted by Crippen LogP contribution is 2.32. The van der Waals surface area contributed by atoms with Gasteiger partial charge >= 0.3 is 0 Å². The van der Waals surface area contributed by atoms with E-state index in [2.05, 4.69) is 4.90 Å². The van der Waals surface area contributed by atoms with Gasteiger partial charge in [-0.1, -0.05) is 0 Å². The van der Waals surface area contributed by atoms with E-state index in [1.54, 1.807) is 11.3 Å². The van der Waals surface area contributed by atoms with E-state index in [0.29, 0.717) is 19.6 Å². The molecule has 2 N–H and O–H groups in total. The van der Waals surface area contributed by atoms with Crippen molar-refractivity contribution in [2.24, 2.45) is 5.73 Å². The number of piperidine rings is 1. The highest BCUT2D eigenvalue weighted by molar-refractivity contribution is 7.07. The molecule has 0 aliphatic carbocycles. The maximum absolute atomic E-state index is 13.0. The van der Waals surface area contributed by atoms with Crippen LogP contribution in [0.25, 0.3) is 0 Å². The number of nitrogens with two attached hydrogens (primary N) is 1. The summed E-state index contributed by atoms with van der Waals surface area (Å²) >= 11 is 1.62. The molecule has 0 aromatic carbocycles. The van der Waals surface area contributed by atoms with Crippen molar-refractivity contribution in [3.63, 3.8) is 0 Å². The molecule has 0 radical (unpaired) electrons. The predicted octanol–water partition coefficient (Wildman–Crippen LogP) is 2.48. The van der Waals surface area contributed by atoms with Crippen LogP contribution in [0.5, 0.6) is 0 Å². The molecule has 1 fully saturated rings. The lowest BCUT2D eigenvalue weighted by molar-refractivity contribution is -0.0627. The van der Waals surface area contributed by atoms with Crippen molar-refractivity contribution in [1.82, 2.24) is 4.90 Å². The third kappa shape index (κ3) is 2.59. The molecule has 1 unspecified atom stereocenters. The fraction of sp³-hybridized carbons (Fsp3) is 0.636. The fourth-order valence-corrected chi connectivity index (χ4v) is 2.83. The zero-order valence-electron chi connectivity index (χ0n) is 9.03. The molecule has 1 saturated heterocycles. The first-order valence-corrected chi connectivity index (χ1v) is 6.41. The quantitative estimate of drug-likeness (QED) is 0.887. The number of likely N-dealkylation sites (tertiary alicyclic amines) is 1. The zero-order valence-corrected chi connectivity index (χ0v) is 9.85. The minimum atomic E-state index is -2.48. The summed E-state index contributed by atoms with van der Waals surface area (Å²) in [5, 5.41) is 4.04. The van der Waals surface area contributed by atoms with E-state index in [1.165, 1.54) is 0 Å². The van der Waals surface area contributed by atoms with Crippen molar-refractivity contribution < 1.29 is 8.78 Å². The molecule has 1 aromatic heterocycles. The molecule has 0 saturated carbocycles. The normalized spacial score (nSPS) is 23.2. The molecular formula is C11H16F2N2S. The topological polar surface area (TPSA) is 29.3 Å². The van der Waals surface area contributed by atoms with Crippen LogP contribution in [0.4, 0.5) is 8.78 Å². The summed E-state index contributed by atoms with van der Waals surface area (Å²) in [5.41, 5.74) is 6.89. The molecule has 1 aliphatic rings. The molecule has 2 rings (SSSR count). The number of alkyl halides is 2. The number of halogens is 2. The molecule has 1 atom stereocenters. The Hall–Kier alpha value is -0.520. The Morgan fingerprint density at radius 2 is 2.12 bits per heavy atom. The molecule has 1 aromatic rings. The van der Waals surface area contributed by atoms with E-state index in [9.17, 15) is 8.78 Å². The van der Waals surface area contributed by atoms with Crippen molar-refractivity contribution in [1.29, 1.82) is 0 Å². The predicted molar refractivity (Wildman–Crippen MR) is 61.9 cm³/mol. The van der Waals surface area contributed by atoms with Crippen LogP contribution in [-0.2, 0) is 0 Å². The highest BCUT2D eigenvalue weighted by Gasteiger charge is 2.36. The lowest BCUT2D eigenvalue weighted by Crippen LogP contribution is -2.43. The van der Waals surface area contributed by atoms with Crippen LogP contribution in [0.3, 0.4) is 0 Å². The van der Waals surface area contributed by atoms with Gasteiger partial charge in [-0.05, 0) is 22.4 Å². The first-order valence-electron chi connectivity index (χ1n) is 5.46. The summed E-state index contributed by atoms with van der Waals surface area (Å²) in [6.45, 7) is 1.36. The maximum atomic E-state index is 13.0. The highest BCUT2D eigenvalue weighted by atomic mass is 32.1. The Morgan fingerprint density at radius 3 is 2.62 bits per heavy atom. The van der Waals surface area contributed by atoms with Gasteiger partial charge in [0.15, 0.2) is 0 Å². The molecule has 16 heavy (non-hydrogen) atoms. The number of hydrogen-bond donors (Lipinski definition) is 1. The standard InChI is InChI=1S/C11H16F2N2S/c12-11(13)2-4-15(5-3-11)10(7-14)9-1-6-16-8-9/h1,6,8,10H,2-5,7,14H2. The molecule has 5 heteroatoms. The molecule has 1 aliphatic heterocycles. The van der Waals surface area contributed by atoms with Crippen molar-refractivity contribution in [3.8, 4) is 0 Å². The summed E-state index contributed by atoms with van der Waals surface area (Å²) in [5.74, 6) is -2.48. The first-order chi connectivity index (χ1) is 7.62. The lowest BCUT2D eigenvalue weighted by atomic mass is 10.0. The van der Waals surface area contributed by atoms with Gasteiger partial charge in [0.25, 0.3) is 5.92 Å². The van der Waals surface area contributed by atoms with Gasteiger partial charge in [0.1, 0.15) is 0 Å². The van der Waals surface area contributed by atoms with Gasteiger partial charge in [-0.15, -0.1) is 0 Å². The van der Waals surface area contributed by atoms with E-state index in [1.807, 2.05) is 16.8 Å². The molecule has 90 valence electrons. The number of thiophene rings is 1. The summed E-state index contributed by atoms with van der Waals surface area (Å²) in [7, 11) is 0. The van der Waals surface area contributed by atoms with Gasteiger partial charge in [-0.2, -0.15) is 11.3 Å². The number of hydrogen-bond acceptors (Lipinski definition) is 3. The van der Waals surface area contributed by atoms with Crippen LogP contribution < -0.4 is 5.73 Å². The minimum Gasteiger partial charge on any atom is -0.329 e. The second-order valence-electron chi connectivity index (χ2n) is 4.20. The van der Waals surface area contributed by atoms with E-state index >= 15 is 0 Å². The van der Waals surface area contributed by atoms with Crippen molar-refractivity contribution >= 4 is 11.3 Å². The second-order valence-corrected chi connectivity index (χ2v) is 4.98. The van der Waals surface area contributed by atoms with Gasteiger partial charge in [-0.3, -0.25) is 4.90 Å². The lowest BCUT2D eigenvalue weighted by Gasteiger charge is -2.36. The summed E-state index contributed by atoms with van der Waals surface area (Å²) in [6.07, 6.45) is -0.0960. The van der Waals surface area contributed by atoms with Crippen LogP contribution in [0.2, 0.25) is 0 Å². The van der Waals surface area contributed by atoms with Gasteiger partial charge in [-0.25, -0.2) is 8.78 Å². The first kappa shape index (κ1) is 12.0. The third-order valence-corrected chi connectivity index (χ3v) is 3.82. The minimum absolute atomic E-state index is 0.0480. The molecular weight excluding hydrogens is 230 g/mol. The Bertz CT molecular complexity index is 317. The SMILES string of the molecule is NCC(c1ccsc1)N1CCC(F)(F)CC1. The summed E-state index contributed by atoms with van der Waals surface area (Å²) in [6, 6.07) is 2.12. The van der Waals surface area contributed by atoms with Crippen LogP contribution in [0, 0.1) is 0 Å². The Balaban J connectivity index is 2.02. The third-order valence-electron chi connectivity index (χ3n) is 3.12. The molecule has 0 spiro atoms. The van der Waals surface area contributed by atoms with Crippen LogP contribution in [-0.4, -0.2) is 30.5 Å². The Morgan fingerprint density at radius 1 is 1.44 bits per heavy atom. The second kappa shape index (κ2) is 4.77. The molecule has 2 heterocycles. The smallest absolute Gasteiger partial charge is 0.250 e. The van der Waals surface area contributed by atoms with E-state index < -0.39 is 5.92 Å². The van der Waals surface area contributed by atoms with E-state index in [-0.39, 0.29) is 18.9 Å². The fourth-order valence-electron chi connectivity index (χ4n) is 2.12. The van der Waals surface area contributed by atoms with Gasteiger partial charge in [0.2, 0.25) is 0 Å². The van der Waals surface area contributed by atoms with Crippen molar-refractivity contribution in [3.05, 3.63) is 22.4 Å². The van der Waals surface area contributed by atoms with E-state index in [0.717, 1.165) is 5.56 Å². The average molecular weight is 246 g/mol. The largest absolute Gasteiger partial charge is 0.329 e. The van der Waals surface area contributed by atoms with Crippen molar-refractivity contribution in [2.45, 2.75) is 24.8 Å². The van der Waals surface area contributed by atoms with Crippen LogP contribution in [0.1, 0.15) is 24.4 Å². The molecule has 0 bridgehead atoms. The Kier molecular flexibility index (Phi) is 3.56. The van der Waals surface area contributed by atoms with Crippen LogP contribution >= 0.6 is 11.3 Å². The molecule has 0 amide bonds. The van der Waals surface area contributed by atoms with Crippen molar-refractivity contribution in [2.75, 3.05) is 19.6 Å². The maximum Gasteiger partial charge on any atom is 0.250 e. The molecule has 2 nitrogen and oxygen atoms in total. The Labute approximate surface area is 98.1 Å². The van der Waals surface area contributed by atoms with Gasteiger partial charge in [0.05, 0.1) is 0 Å². The number of rotatable bonds is 3. The monoisotopic (exact) mass is 246 g/mol. The number of nitrogens with zero attached hydrogens (tertiary/aromatic N) is 1.